The van der Waals surface area contributed by atoms with Gasteiger partial charge in [0.2, 0.25) is 0 Å². The number of fused-ring (bicyclic) bond motifs is 1. The number of aromatic nitrogens is 2. The number of benzene rings is 1. The Kier molecular flexibility index (Phi) is 5.26. The Labute approximate surface area is 168 Å². The summed E-state index contributed by atoms with van der Waals surface area (Å²) in [6, 6.07) is 7.48. The second-order valence-electron chi connectivity index (χ2n) is 7.19. The normalized spacial score (nSPS) is 15.1. The van der Waals surface area contributed by atoms with Crippen LogP contribution in [0, 0.1) is 6.92 Å². The number of ether oxygens (including phenoxy) is 1. The fraction of sp³-hybridized carbons (Fsp3) is 0.429. The van der Waals surface area contributed by atoms with Gasteiger partial charge in [-0.1, -0.05) is 30.6 Å². The monoisotopic (exact) mass is 399 g/mol. The molecule has 1 aliphatic carbocycles. The van der Waals surface area contributed by atoms with E-state index in [-0.39, 0.29) is 11.7 Å². The number of hydrogen-bond donors (Lipinski definition) is 2. The molecule has 7 heteroatoms. The van der Waals surface area contributed by atoms with E-state index in [0.29, 0.717) is 17.5 Å². The molecule has 2 heterocycles. The summed E-state index contributed by atoms with van der Waals surface area (Å²) < 4.78 is 7.24. The lowest BCUT2D eigenvalue weighted by molar-refractivity contribution is 0.0531. The second-order valence-corrected chi connectivity index (χ2v) is 8.17. The van der Waals surface area contributed by atoms with Crippen molar-refractivity contribution in [2.75, 3.05) is 11.9 Å². The number of esters is 1. The number of thiazole rings is 1. The molecule has 6 nitrogen and oxygen atoms in total. The smallest absolute Gasteiger partial charge is 0.350 e. The van der Waals surface area contributed by atoms with E-state index in [2.05, 4.69) is 5.32 Å². The van der Waals surface area contributed by atoms with Crippen molar-refractivity contribution in [3.8, 4) is 17.0 Å². The van der Waals surface area contributed by atoms with Crippen molar-refractivity contribution in [2.45, 2.75) is 52.0 Å². The first-order valence-electron chi connectivity index (χ1n) is 9.83. The molecule has 2 aromatic heterocycles. The molecule has 0 bridgehead atoms. The Bertz CT molecular complexity index is 985. The van der Waals surface area contributed by atoms with Crippen LogP contribution in [0.5, 0.6) is 5.75 Å². The van der Waals surface area contributed by atoms with E-state index >= 15 is 0 Å². The zero-order chi connectivity index (χ0) is 19.7. The molecular weight excluding hydrogens is 374 g/mol. The van der Waals surface area contributed by atoms with Crippen molar-refractivity contribution in [3.05, 3.63) is 34.8 Å². The molecule has 0 unspecified atom stereocenters. The zero-order valence-electron chi connectivity index (χ0n) is 16.2. The zero-order valence-corrected chi connectivity index (χ0v) is 17.0. The van der Waals surface area contributed by atoms with Crippen LogP contribution in [0.4, 0.5) is 5.82 Å². The number of phenolic OH excluding ortho intramolecular Hbond substituents is 1. The minimum Gasteiger partial charge on any atom is -0.508 e. The topological polar surface area (TPSA) is 75.9 Å². The van der Waals surface area contributed by atoms with Gasteiger partial charge in [-0.25, -0.2) is 9.78 Å². The Morgan fingerprint density at radius 2 is 2.00 bits per heavy atom. The molecule has 0 amide bonds. The van der Waals surface area contributed by atoms with Crippen LogP contribution in [0.3, 0.4) is 0 Å². The van der Waals surface area contributed by atoms with E-state index in [0.717, 1.165) is 40.6 Å². The summed E-state index contributed by atoms with van der Waals surface area (Å²) in [5, 5.41) is 13.3. The number of carbonyl (C=O) groups excluding carboxylic acids is 1. The van der Waals surface area contributed by atoms with Gasteiger partial charge in [0.25, 0.3) is 0 Å². The maximum atomic E-state index is 12.3. The molecule has 1 fully saturated rings. The second kappa shape index (κ2) is 7.83. The van der Waals surface area contributed by atoms with Crippen molar-refractivity contribution in [3.63, 3.8) is 0 Å². The van der Waals surface area contributed by atoms with Crippen LogP contribution in [0.1, 0.15) is 54.4 Å². The molecule has 3 aromatic rings. The maximum absolute atomic E-state index is 12.3. The third-order valence-electron chi connectivity index (χ3n) is 5.25. The summed E-state index contributed by atoms with van der Waals surface area (Å²) >= 11 is 1.35. The van der Waals surface area contributed by atoms with Gasteiger partial charge in [0, 0.05) is 17.3 Å². The summed E-state index contributed by atoms with van der Waals surface area (Å²) in [7, 11) is 0. The summed E-state index contributed by atoms with van der Waals surface area (Å²) in [6.07, 6.45) is 6.01. The average Bonchev–Trinajstić information content (AvgIpc) is 3.21. The van der Waals surface area contributed by atoms with E-state index in [4.69, 9.17) is 9.72 Å². The van der Waals surface area contributed by atoms with E-state index in [1.165, 1.54) is 30.6 Å². The van der Waals surface area contributed by atoms with Crippen molar-refractivity contribution < 1.29 is 14.6 Å². The Balaban J connectivity index is 1.82. The van der Waals surface area contributed by atoms with Crippen molar-refractivity contribution in [2.24, 2.45) is 0 Å². The van der Waals surface area contributed by atoms with Crippen LogP contribution in [0.25, 0.3) is 16.2 Å². The van der Waals surface area contributed by atoms with Gasteiger partial charge in [-0.05, 0) is 51.0 Å². The van der Waals surface area contributed by atoms with Gasteiger partial charge in [-0.3, -0.25) is 4.40 Å². The molecule has 0 spiro atoms. The minimum atomic E-state index is -0.301. The predicted octanol–water partition coefficient (Wildman–Crippen LogP) is 5.00. The van der Waals surface area contributed by atoms with E-state index < -0.39 is 0 Å². The SMILES string of the molecule is CCOC(=O)c1sc2nc(-c3ccc(O)cc3)c(NC3CCCCC3)n2c1C. The lowest BCUT2D eigenvalue weighted by Gasteiger charge is -2.24. The van der Waals surface area contributed by atoms with Crippen LogP contribution in [-0.4, -0.2) is 33.1 Å². The van der Waals surface area contributed by atoms with Crippen LogP contribution >= 0.6 is 11.3 Å². The molecule has 148 valence electrons. The number of aromatic hydroxyl groups is 1. The number of hydrogen-bond acceptors (Lipinski definition) is 6. The lowest BCUT2D eigenvalue weighted by atomic mass is 9.95. The van der Waals surface area contributed by atoms with Crippen LogP contribution < -0.4 is 5.32 Å². The van der Waals surface area contributed by atoms with Gasteiger partial charge in [0.05, 0.1) is 6.61 Å². The fourth-order valence-corrected chi connectivity index (χ4v) is 4.85. The first-order valence-corrected chi connectivity index (χ1v) is 10.6. The first kappa shape index (κ1) is 18.8. The molecule has 28 heavy (non-hydrogen) atoms. The number of anilines is 1. The van der Waals surface area contributed by atoms with Crippen molar-refractivity contribution in [1.29, 1.82) is 0 Å². The predicted molar refractivity (Wildman–Crippen MR) is 111 cm³/mol. The molecule has 1 saturated carbocycles. The third-order valence-corrected chi connectivity index (χ3v) is 6.37. The van der Waals surface area contributed by atoms with Crippen molar-refractivity contribution in [1.82, 2.24) is 9.38 Å². The summed E-state index contributed by atoms with van der Waals surface area (Å²) in [4.78, 5) is 18.5. The Hall–Kier alpha value is -2.54. The molecule has 0 atom stereocenters. The number of imidazole rings is 1. The molecule has 0 saturated heterocycles. The maximum Gasteiger partial charge on any atom is 0.350 e. The van der Waals surface area contributed by atoms with Gasteiger partial charge in [-0.2, -0.15) is 0 Å². The number of carbonyl (C=O) groups is 1. The van der Waals surface area contributed by atoms with Crippen LogP contribution in [0.15, 0.2) is 24.3 Å². The minimum absolute atomic E-state index is 0.229. The molecule has 0 radical (unpaired) electrons. The van der Waals surface area contributed by atoms with E-state index in [9.17, 15) is 9.90 Å². The first-order chi connectivity index (χ1) is 13.6. The summed E-state index contributed by atoms with van der Waals surface area (Å²) in [5.41, 5.74) is 2.62. The molecule has 0 aliphatic heterocycles. The fourth-order valence-electron chi connectivity index (χ4n) is 3.83. The molecule has 1 aliphatic rings. The largest absolute Gasteiger partial charge is 0.508 e. The molecule has 4 rings (SSSR count). The number of nitrogens with one attached hydrogen (secondary N) is 1. The highest BCUT2D eigenvalue weighted by Crippen LogP contribution is 2.36. The highest BCUT2D eigenvalue weighted by molar-refractivity contribution is 7.19. The Morgan fingerprint density at radius 3 is 2.68 bits per heavy atom. The molecular formula is C21H25N3O3S. The highest BCUT2D eigenvalue weighted by Gasteiger charge is 2.25. The number of nitrogens with zero attached hydrogens (tertiary/aromatic N) is 2. The molecule has 2 N–H and O–H groups in total. The van der Waals surface area contributed by atoms with Crippen LogP contribution in [-0.2, 0) is 4.74 Å². The van der Waals surface area contributed by atoms with Crippen molar-refractivity contribution >= 4 is 28.1 Å². The molecule has 1 aromatic carbocycles. The van der Waals surface area contributed by atoms with Gasteiger partial charge in [-0.15, -0.1) is 0 Å². The van der Waals surface area contributed by atoms with E-state index in [1.54, 1.807) is 12.1 Å². The van der Waals surface area contributed by atoms with Crippen LogP contribution in [0.2, 0.25) is 0 Å². The van der Waals surface area contributed by atoms with Gasteiger partial charge >= 0.3 is 5.97 Å². The van der Waals surface area contributed by atoms with Gasteiger partial charge < -0.3 is 15.2 Å². The lowest BCUT2D eigenvalue weighted by Crippen LogP contribution is -2.23. The Morgan fingerprint density at radius 1 is 1.29 bits per heavy atom. The number of rotatable bonds is 5. The third kappa shape index (κ3) is 3.46. The summed E-state index contributed by atoms with van der Waals surface area (Å²) in [5.74, 6) is 0.842. The van der Waals surface area contributed by atoms with Gasteiger partial charge in [0.15, 0.2) is 4.96 Å². The average molecular weight is 400 g/mol. The standard InChI is InChI=1S/C21H25N3O3S/c1-3-27-20(26)18-13(2)24-19(22-15-7-5-4-6-8-15)17(23-21(24)28-18)14-9-11-16(25)12-10-14/h9-12,15,22,25H,3-8H2,1-2H3. The quantitative estimate of drug-likeness (QED) is 0.591. The number of phenols is 1. The number of aryl methyl sites for hydroxylation is 1. The highest BCUT2D eigenvalue weighted by atomic mass is 32.1. The van der Waals surface area contributed by atoms with Gasteiger partial charge in [0.1, 0.15) is 22.1 Å². The van der Waals surface area contributed by atoms with E-state index in [1.807, 2.05) is 30.4 Å². The summed E-state index contributed by atoms with van der Waals surface area (Å²) in [6.45, 7) is 4.10.